The highest BCUT2D eigenvalue weighted by Crippen LogP contribution is 2.23. The summed E-state index contributed by atoms with van der Waals surface area (Å²) in [6, 6.07) is 10.1. The number of carbonyl (C=O) groups is 2. The van der Waals surface area contributed by atoms with E-state index in [1.54, 1.807) is 18.2 Å². The summed E-state index contributed by atoms with van der Waals surface area (Å²) in [7, 11) is 1.45. The minimum absolute atomic E-state index is 0.188. The van der Waals surface area contributed by atoms with Crippen LogP contribution >= 0.6 is 11.6 Å². The van der Waals surface area contributed by atoms with E-state index in [1.807, 2.05) is 26.0 Å². The normalized spacial score (nSPS) is 10.3. The van der Waals surface area contributed by atoms with Crippen LogP contribution in [0.3, 0.4) is 0 Å². The Balaban J connectivity index is 2.10. The molecule has 0 aromatic heterocycles. The van der Waals surface area contributed by atoms with Gasteiger partial charge in [-0.1, -0.05) is 35.4 Å². The lowest BCUT2D eigenvalue weighted by atomic mass is 10.0. The van der Waals surface area contributed by atoms with Gasteiger partial charge in [0.2, 0.25) is 5.78 Å². The number of halogens is 1. The zero-order valence-corrected chi connectivity index (χ0v) is 13.9. The van der Waals surface area contributed by atoms with Gasteiger partial charge in [0.25, 0.3) is 0 Å². The van der Waals surface area contributed by atoms with Crippen molar-refractivity contribution in [1.29, 1.82) is 0 Å². The predicted octanol–water partition coefficient (Wildman–Crippen LogP) is 4.01. The van der Waals surface area contributed by atoms with E-state index in [0.29, 0.717) is 16.3 Å². The average molecular weight is 333 g/mol. The van der Waals surface area contributed by atoms with Gasteiger partial charge in [0, 0.05) is 10.6 Å². The lowest BCUT2D eigenvalue weighted by molar-refractivity contribution is 0.0471. The molecule has 0 radical (unpaired) electrons. The fraction of sp³-hybridized carbons (Fsp3) is 0.222. The Hall–Kier alpha value is -2.33. The molecule has 5 heteroatoms. The molecule has 0 saturated carbocycles. The second kappa shape index (κ2) is 7.29. The van der Waals surface area contributed by atoms with Gasteiger partial charge in [-0.15, -0.1) is 0 Å². The SMILES string of the molecule is COc1ccc(Cl)cc1C(=O)OCC(=O)c1ccc(C)cc1C. The molecule has 0 aliphatic heterocycles. The third-order valence-electron chi connectivity index (χ3n) is 3.40. The molecule has 0 amide bonds. The first-order chi connectivity index (χ1) is 10.9. The summed E-state index contributed by atoms with van der Waals surface area (Å²) in [5.41, 5.74) is 2.65. The van der Waals surface area contributed by atoms with Crippen molar-refractivity contribution >= 4 is 23.4 Å². The Kier molecular flexibility index (Phi) is 5.40. The first-order valence-corrected chi connectivity index (χ1v) is 7.41. The van der Waals surface area contributed by atoms with Crippen LogP contribution in [0.1, 0.15) is 31.8 Å². The zero-order chi connectivity index (χ0) is 17.0. The van der Waals surface area contributed by atoms with Crippen LogP contribution in [0.2, 0.25) is 5.02 Å². The van der Waals surface area contributed by atoms with Gasteiger partial charge < -0.3 is 9.47 Å². The summed E-state index contributed by atoms with van der Waals surface area (Å²) in [5, 5.41) is 0.387. The van der Waals surface area contributed by atoms with E-state index in [0.717, 1.165) is 11.1 Å². The van der Waals surface area contributed by atoms with Gasteiger partial charge in [0.15, 0.2) is 6.61 Å². The number of aryl methyl sites for hydroxylation is 2. The van der Waals surface area contributed by atoms with Gasteiger partial charge >= 0.3 is 5.97 Å². The van der Waals surface area contributed by atoms with Crippen LogP contribution in [0.5, 0.6) is 5.75 Å². The van der Waals surface area contributed by atoms with E-state index in [9.17, 15) is 9.59 Å². The molecule has 0 spiro atoms. The third kappa shape index (κ3) is 4.11. The number of carbonyl (C=O) groups excluding carboxylic acids is 2. The van der Waals surface area contributed by atoms with Crippen LogP contribution in [0.4, 0.5) is 0 Å². The van der Waals surface area contributed by atoms with Crippen molar-refractivity contribution in [3.8, 4) is 5.75 Å². The Bertz CT molecular complexity index is 753. The maximum atomic E-state index is 12.2. The Morgan fingerprint density at radius 1 is 1.04 bits per heavy atom. The minimum atomic E-state index is -0.650. The molecule has 0 unspecified atom stereocenters. The highest BCUT2D eigenvalue weighted by Gasteiger charge is 2.17. The maximum absolute atomic E-state index is 12.2. The van der Waals surface area contributed by atoms with Crippen molar-refractivity contribution in [1.82, 2.24) is 0 Å². The molecule has 0 atom stereocenters. The third-order valence-corrected chi connectivity index (χ3v) is 3.63. The number of ketones is 1. The van der Waals surface area contributed by atoms with E-state index in [4.69, 9.17) is 21.1 Å². The van der Waals surface area contributed by atoms with Crippen LogP contribution in [0, 0.1) is 13.8 Å². The molecule has 2 aromatic rings. The second-order valence-corrected chi connectivity index (χ2v) is 5.60. The Morgan fingerprint density at radius 3 is 2.43 bits per heavy atom. The highest BCUT2D eigenvalue weighted by molar-refractivity contribution is 6.31. The summed E-state index contributed by atoms with van der Waals surface area (Å²) in [6.07, 6.45) is 0. The van der Waals surface area contributed by atoms with E-state index >= 15 is 0 Å². The summed E-state index contributed by atoms with van der Waals surface area (Å²) in [5.74, 6) is -0.558. The highest BCUT2D eigenvalue weighted by atomic mass is 35.5. The first kappa shape index (κ1) is 17.0. The van der Waals surface area contributed by atoms with Crippen LogP contribution in [0.25, 0.3) is 0 Å². The molecule has 2 aromatic carbocycles. The smallest absolute Gasteiger partial charge is 0.342 e. The number of hydrogen-bond donors (Lipinski definition) is 0. The van der Waals surface area contributed by atoms with E-state index in [2.05, 4.69) is 0 Å². The van der Waals surface area contributed by atoms with Gasteiger partial charge in [0.05, 0.1) is 7.11 Å². The first-order valence-electron chi connectivity index (χ1n) is 7.03. The van der Waals surface area contributed by atoms with E-state index in [-0.39, 0.29) is 18.0 Å². The molecule has 2 rings (SSSR count). The molecular formula is C18H17ClO4. The number of ether oxygens (including phenoxy) is 2. The molecule has 0 fully saturated rings. The molecule has 120 valence electrons. The number of benzene rings is 2. The molecule has 0 bridgehead atoms. The molecule has 23 heavy (non-hydrogen) atoms. The summed E-state index contributed by atoms with van der Waals surface area (Å²) >= 11 is 5.88. The molecule has 0 saturated heterocycles. The summed E-state index contributed by atoms with van der Waals surface area (Å²) < 4.78 is 10.2. The van der Waals surface area contributed by atoms with Gasteiger partial charge in [-0.05, 0) is 37.6 Å². The molecule has 4 nitrogen and oxygen atoms in total. The van der Waals surface area contributed by atoms with Gasteiger partial charge in [0.1, 0.15) is 11.3 Å². The van der Waals surface area contributed by atoms with Crippen molar-refractivity contribution < 1.29 is 19.1 Å². The minimum Gasteiger partial charge on any atom is -0.496 e. The fourth-order valence-corrected chi connectivity index (χ4v) is 2.42. The Morgan fingerprint density at radius 2 is 1.78 bits per heavy atom. The molecule has 0 heterocycles. The maximum Gasteiger partial charge on any atom is 0.342 e. The largest absolute Gasteiger partial charge is 0.496 e. The van der Waals surface area contributed by atoms with Crippen LogP contribution in [-0.4, -0.2) is 25.5 Å². The topological polar surface area (TPSA) is 52.6 Å². The van der Waals surface area contributed by atoms with Crippen LogP contribution < -0.4 is 4.74 Å². The second-order valence-electron chi connectivity index (χ2n) is 5.16. The number of rotatable bonds is 5. The van der Waals surface area contributed by atoms with Crippen molar-refractivity contribution in [2.75, 3.05) is 13.7 Å². The van der Waals surface area contributed by atoms with Crippen molar-refractivity contribution in [3.05, 3.63) is 63.7 Å². The number of hydrogen-bond acceptors (Lipinski definition) is 4. The van der Waals surface area contributed by atoms with Crippen molar-refractivity contribution in [2.45, 2.75) is 13.8 Å². The number of methoxy groups -OCH3 is 1. The van der Waals surface area contributed by atoms with Crippen LogP contribution in [0.15, 0.2) is 36.4 Å². The number of esters is 1. The summed E-state index contributed by atoms with van der Waals surface area (Å²) in [6.45, 7) is 3.47. The molecule has 0 N–H and O–H groups in total. The van der Waals surface area contributed by atoms with Gasteiger partial charge in [-0.3, -0.25) is 4.79 Å². The fourth-order valence-electron chi connectivity index (χ4n) is 2.25. The average Bonchev–Trinajstić information content (AvgIpc) is 2.52. The standard InChI is InChI=1S/C18H17ClO4/c1-11-4-6-14(12(2)8-11)16(20)10-23-18(21)15-9-13(19)5-7-17(15)22-3/h4-9H,10H2,1-3H3. The lowest BCUT2D eigenvalue weighted by Gasteiger charge is -2.10. The van der Waals surface area contributed by atoms with Crippen molar-refractivity contribution in [3.63, 3.8) is 0 Å². The Labute approximate surface area is 140 Å². The summed E-state index contributed by atoms with van der Waals surface area (Å²) in [4.78, 5) is 24.3. The molecule has 0 aliphatic rings. The predicted molar refractivity (Wildman–Crippen MR) is 88.5 cm³/mol. The van der Waals surface area contributed by atoms with Gasteiger partial charge in [-0.2, -0.15) is 0 Å². The number of Topliss-reactive ketones (excluding diaryl/α,β-unsaturated/α-hetero) is 1. The monoisotopic (exact) mass is 332 g/mol. The van der Waals surface area contributed by atoms with E-state index in [1.165, 1.54) is 13.2 Å². The lowest BCUT2D eigenvalue weighted by Crippen LogP contribution is -2.15. The van der Waals surface area contributed by atoms with Crippen LogP contribution in [-0.2, 0) is 4.74 Å². The van der Waals surface area contributed by atoms with Gasteiger partial charge in [-0.25, -0.2) is 4.79 Å². The zero-order valence-electron chi connectivity index (χ0n) is 13.2. The van der Waals surface area contributed by atoms with E-state index < -0.39 is 5.97 Å². The quantitative estimate of drug-likeness (QED) is 0.613. The van der Waals surface area contributed by atoms with Crippen molar-refractivity contribution in [2.24, 2.45) is 0 Å². The molecule has 0 aliphatic carbocycles. The molecular weight excluding hydrogens is 316 g/mol.